The van der Waals surface area contributed by atoms with Crippen molar-refractivity contribution in [2.24, 2.45) is 0 Å². The zero-order valence-electron chi connectivity index (χ0n) is 14.7. The van der Waals surface area contributed by atoms with Gasteiger partial charge in [0.25, 0.3) is 0 Å². The Kier molecular flexibility index (Phi) is 5.77. The largest absolute Gasteiger partial charge is 0.496 e. The molecule has 0 radical (unpaired) electrons. The van der Waals surface area contributed by atoms with Gasteiger partial charge in [-0.05, 0) is 36.6 Å². The first kappa shape index (κ1) is 17.6. The van der Waals surface area contributed by atoms with Crippen molar-refractivity contribution in [3.05, 3.63) is 71.1 Å². The number of para-hydroxylation sites is 1. The molecular weight excluding hydrogens is 332 g/mol. The smallest absolute Gasteiger partial charge is 0.128 e. The van der Waals surface area contributed by atoms with Crippen LogP contribution in [0.25, 0.3) is 11.3 Å². The maximum absolute atomic E-state index is 6.35. The quantitative estimate of drug-likeness (QED) is 0.552. The summed E-state index contributed by atoms with van der Waals surface area (Å²) in [6.45, 7) is 2.93. The van der Waals surface area contributed by atoms with Gasteiger partial charge in [-0.3, -0.25) is 0 Å². The molecule has 0 aliphatic rings. The number of imidazole rings is 1. The van der Waals surface area contributed by atoms with E-state index in [-0.39, 0.29) is 0 Å². The molecule has 0 aliphatic heterocycles. The van der Waals surface area contributed by atoms with Crippen molar-refractivity contribution >= 4 is 11.6 Å². The number of ether oxygens (including phenoxy) is 1. The summed E-state index contributed by atoms with van der Waals surface area (Å²) in [5, 5.41) is 0.788. The Hall–Kier alpha value is -2.26. The van der Waals surface area contributed by atoms with Gasteiger partial charge in [0.05, 0.1) is 25.7 Å². The Morgan fingerprint density at radius 2 is 1.84 bits per heavy atom. The number of halogens is 1. The SMILES string of the molecule is CCCCc1c(-c2ccccc2OC)ncn1Cc1ccccc1Cl. The molecule has 130 valence electrons. The number of hydrogen-bond acceptors (Lipinski definition) is 2. The van der Waals surface area contributed by atoms with Crippen molar-refractivity contribution in [3.63, 3.8) is 0 Å². The number of aromatic nitrogens is 2. The van der Waals surface area contributed by atoms with Crippen LogP contribution in [0.3, 0.4) is 0 Å². The fourth-order valence-electron chi connectivity index (χ4n) is 3.03. The molecule has 3 nitrogen and oxygen atoms in total. The highest BCUT2D eigenvalue weighted by molar-refractivity contribution is 6.31. The van der Waals surface area contributed by atoms with E-state index in [1.807, 2.05) is 42.7 Å². The minimum absolute atomic E-state index is 0.723. The van der Waals surface area contributed by atoms with E-state index in [0.717, 1.165) is 53.4 Å². The highest BCUT2D eigenvalue weighted by atomic mass is 35.5. The number of rotatable bonds is 7. The zero-order valence-corrected chi connectivity index (χ0v) is 15.5. The number of nitrogens with zero attached hydrogens (tertiary/aromatic N) is 2. The lowest BCUT2D eigenvalue weighted by Gasteiger charge is -2.12. The third-order valence-corrected chi connectivity index (χ3v) is 4.74. The molecule has 0 atom stereocenters. The molecule has 0 bridgehead atoms. The minimum atomic E-state index is 0.723. The van der Waals surface area contributed by atoms with E-state index in [9.17, 15) is 0 Å². The van der Waals surface area contributed by atoms with Crippen LogP contribution in [0.4, 0.5) is 0 Å². The predicted octanol–water partition coefficient (Wildman–Crippen LogP) is 5.60. The van der Waals surface area contributed by atoms with Gasteiger partial charge in [-0.25, -0.2) is 4.98 Å². The van der Waals surface area contributed by atoms with Crippen LogP contribution in [0.1, 0.15) is 31.0 Å². The molecule has 0 fully saturated rings. The number of unbranched alkanes of at least 4 members (excludes halogenated alkanes) is 1. The predicted molar refractivity (Wildman–Crippen MR) is 103 cm³/mol. The molecule has 3 rings (SSSR count). The molecule has 0 aliphatic carbocycles. The molecule has 4 heteroatoms. The van der Waals surface area contributed by atoms with Gasteiger partial charge in [0.2, 0.25) is 0 Å². The summed E-state index contributed by atoms with van der Waals surface area (Å²) in [4.78, 5) is 4.71. The van der Waals surface area contributed by atoms with Crippen LogP contribution in [0, 0.1) is 0 Å². The van der Waals surface area contributed by atoms with E-state index in [1.54, 1.807) is 7.11 Å². The van der Waals surface area contributed by atoms with E-state index in [2.05, 4.69) is 23.6 Å². The molecule has 0 amide bonds. The van der Waals surface area contributed by atoms with E-state index in [0.29, 0.717) is 0 Å². The average Bonchev–Trinajstić information content (AvgIpc) is 3.04. The molecule has 0 spiro atoms. The minimum Gasteiger partial charge on any atom is -0.496 e. The molecule has 2 aromatic carbocycles. The third-order valence-electron chi connectivity index (χ3n) is 4.37. The molecule has 0 saturated carbocycles. The van der Waals surface area contributed by atoms with Gasteiger partial charge in [0.1, 0.15) is 5.75 Å². The standard InChI is InChI=1S/C21H23ClN2O/c1-3-4-12-19-21(17-10-6-8-13-20(17)25-2)23-15-24(19)14-16-9-5-7-11-18(16)22/h5-11,13,15H,3-4,12,14H2,1-2H3. The van der Waals surface area contributed by atoms with Gasteiger partial charge in [-0.1, -0.05) is 55.3 Å². The highest BCUT2D eigenvalue weighted by Crippen LogP contribution is 2.32. The Balaban J connectivity index is 2.02. The lowest BCUT2D eigenvalue weighted by molar-refractivity contribution is 0.416. The van der Waals surface area contributed by atoms with Gasteiger partial charge >= 0.3 is 0 Å². The fraction of sp³-hybridized carbons (Fsp3) is 0.286. The number of hydrogen-bond donors (Lipinski definition) is 0. The summed E-state index contributed by atoms with van der Waals surface area (Å²) < 4.78 is 7.74. The third kappa shape index (κ3) is 3.88. The van der Waals surface area contributed by atoms with E-state index >= 15 is 0 Å². The van der Waals surface area contributed by atoms with Gasteiger partial charge in [-0.2, -0.15) is 0 Å². The van der Waals surface area contributed by atoms with Crippen LogP contribution in [-0.4, -0.2) is 16.7 Å². The summed E-state index contributed by atoms with van der Waals surface area (Å²) in [7, 11) is 1.70. The average molecular weight is 355 g/mol. The Morgan fingerprint density at radius 1 is 1.08 bits per heavy atom. The summed E-state index contributed by atoms with van der Waals surface area (Å²) in [6.07, 6.45) is 5.16. The van der Waals surface area contributed by atoms with Crippen LogP contribution in [0.5, 0.6) is 5.75 Å². The second-order valence-corrected chi connectivity index (χ2v) is 6.47. The van der Waals surface area contributed by atoms with Crippen LogP contribution in [-0.2, 0) is 13.0 Å². The summed E-state index contributed by atoms with van der Waals surface area (Å²) >= 11 is 6.35. The lowest BCUT2D eigenvalue weighted by atomic mass is 10.1. The van der Waals surface area contributed by atoms with Crippen molar-refractivity contribution in [2.75, 3.05) is 7.11 Å². The van der Waals surface area contributed by atoms with Gasteiger partial charge in [0.15, 0.2) is 0 Å². The molecule has 0 N–H and O–H groups in total. The van der Waals surface area contributed by atoms with Crippen LogP contribution in [0.15, 0.2) is 54.9 Å². The Labute approximate surface area is 154 Å². The first-order chi connectivity index (χ1) is 12.2. The second-order valence-electron chi connectivity index (χ2n) is 6.06. The molecular formula is C21H23ClN2O. The van der Waals surface area contributed by atoms with Crippen molar-refractivity contribution in [3.8, 4) is 17.0 Å². The van der Waals surface area contributed by atoms with Crippen molar-refractivity contribution in [1.29, 1.82) is 0 Å². The van der Waals surface area contributed by atoms with Crippen molar-refractivity contribution in [1.82, 2.24) is 9.55 Å². The van der Waals surface area contributed by atoms with Crippen molar-refractivity contribution in [2.45, 2.75) is 32.7 Å². The summed E-state index contributed by atoms with van der Waals surface area (Å²) in [5.74, 6) is 0.850. The molecule has 0 unspecified atom stereocenters. The molecule has 1 heterocycles. The van der Waals surface area contributed by atoms with Crippen LogP contribution >= 0.6 is 11.6 Å². The normalized spacial score (nSPS) is 10.8. The Bertz CT molecular complexity index is 841. The highest BCUT2D eigenvalue weighted by Gasteiger charge is 2.16. The molecule has 25 heavy (non-hydrogen) atoms. The first-order valence-electron chi connectivity index (χ1n) is 8.65. The lowest BCUT2D eigenvalue weighted by Crippen LogP contribution is -2.05. The summed E-state index contributed by atoms with van der Waals surface area (Å²) in [6, 6.07) is 16.0. The van der Waals surface area contributed by atoms with Gasteiger partial charge < -0.3 is 9.30 Å². The number of benzene rings is 2. The number of methoxy groups -OCH3 is 1. The van der Waals surface area contributed by atoms with Gasteiger partial charge in [-0.15, -0.1) is 0 Å². The maximum Gasteiger partial charge on any atom is 0.128 e. The maximum atomic E-state index is 6.35. The van der Waals surface area contributed by atoms with Crippen LogP contribution in [0.2, 0.25) is 5.02 Å². The van der Waals surface area contributed by atoms with E-state index in [1.165, 1.54) is 5.69 Å². The molecule has 1 aromatic heterocycles. The molecule has 3 aromatic rings. The monoisotopic (exact) mass is 354 g/mol. The first-order valence-corrected chi connectivity index (χ1v) is 9.03. The van der Waals surface area contributed by atoms with Gasteiger partial charge in [0, 0.05) is 16.3 Å². The van der Waals surface area contributed by atoms with Crippen molar-refractivity contribution < 1.29 is 4.74 Å². The Morgan fingerprint density at radius 3 is 2.60 bits per heavy atom. The summed E-state index contributed by atoms with van der Waals surface area (Å²) in [5.41, 5.74) is 4.36. The molecule has 0 saturated heterocycles. The zero-order chi connectivity index (χ0) is 17.6. The topological polar surface area (TPSA) is 27.1 Å². The van der Waals surface area contributed by atoms with Crippen LogP contribution < -0.4 is 4.74 Å². The fourth-order valence-corrected chi connectivity index (χ4v) is 3.22. The van der Waals surface area contributed by atoms with E-state index < -0.39 is 0 Å². The van der Waals surface area contributed by atoms with E-state index in [4.69, 9.17) is 21.3 Å². The second kappa shape index (κ2) is 8.21.